The number of hydrogen-bond acceptors (Lipinski definition) is 3. The molecule has 4 nitrogen and oxygen atoms in total. The summed E-state index contributed by atoms with van der Waals surface area (Å²) in [6.07, 6.45) is 0. The molecule has 17 heavy (non-hydrogen) atoms. The summed E-state index contributed by atoms with van der Waals surface area (Å²) in [7, 11) is 0. The predicted molar refractivity (Wildman–Crippen MR) is 63.0 cm³/mol. The van der Waals surface area contributed by atoms with Gasteiger partial charge in [-0.15, -0.1) is 0 Å². The Hall–Kier alpha value is -1.71. The second kappa shape index (κ2) is 4.28. The van der Waals surface area contributed by atoms with Crippen molar-refractivity contribution in [3.05, 3.63) is 22.8 Å². The van der Waals surface area contributed by atoms with Gasteiger partial charge in [0.2, 0.25) is 0 Å². The van der Waals surface area contributed by atoms with E-state index in [9.17, 15) is 4.79 Å². The Kier molecular flexibility index (Phi) is 2.96. The molecule has 2 rings (SSSR count). The number of aryl methyl sites for hydroxylation is 1. The van der Waals surface area contributed by atoms with E-state index >= 15 is 0 Å². The molecule has 1 aromatic carbocycles. The van der Waals surface area contributed by atoms with Crippen molar-refractivity contribution in [2.75, 3.05) is 13.2 Å². The molecule has 4 heteroatoms. The molecule has 1 heterocycles. The average Bonchev–Trinajstić information content (AvgIpc) is 2.30. The molecule has 0 amide bonds. The van der Waals surface area contributed by atoms with Crippen molar-refractivity contribution in [2.45, 2.75) is 26.7 Å². The van der Waals surface area contributed by atoms with Gasteiger partial charge in [-0.3, -0.25) is 4.79 Å². The van der Waals surface area contributed by atoms with Crippen LogP contribution in [0.1, 0.15) is 29.5 Å². The van der Waals surface area contributed by atoms with E-state index in [2.05, 4.69) is 0 Å². The van der Waals surface area contributed by atoms with E-state index in [4.69, 9.17) is 14.6 Å². The third-order valence-corrected chi connectivity index (χ3v) is 3.20. The molecule has 0 radical (unpaired) electrons. The zero-order valence-corrected chi connectivity index (χ0v) is 10.2. The van der Waals surface area contributed by atoms with E-state index < -0.39 is 11.9 Å². The Morgan fingerprint density at radius 1 is 1.35 bits per heavy atom. The van der Waals surface area contributed by atoms with Gasteiger partial charge in [0.05, 0.1) is 5.92 Å². The molecule has 1 atom stereocenters. The molecule has 1 aromatic rings. The first-order valence-electron chi connectivity index (χ1n) is 5.65. The van der Waals surface area contributed by atoms with Gasteiger partial charge < -0.3 is 14.6 Å². The fourth-order valence-corrected chi connectivity index (χ4v) is 2.08. The van der Waals surface area contributed by atoms with Crippen LogP contribution in [0.25, 0.3) is 0 Å². The molecule has 1 aliphatic heterocycles. The van der Waals surface area contributed by atoms with E-state index in [1.165, 1.54) is 0 Å². The van der Waals surface area contributed by atoms with Crippen molar-refractivity contribution in [2.24, 2.45) is 0 Å². The standard InChI is InChI=1S/C13H16O4/c1-7-6-10-12(17-5-4-16-10)11(8(7)2)9(3)13(14)15/h6,9H,4-5H2,1-3H3,(H,14,15). The third kappa shape index (κ3) is 1.95. The maximum atomic E-state index is 11.2. The zero-order chi connectivity index (χ0) is 12.6. The minimum atomic E-state index is -0.852. The van der Waals surface area contributed by atoms with Crippen LogP contribution in [0.2, 0.25) is 0 Å². The van der Waals surface area contributed by atoms with Crippen molar-refractivity contribution < 1.29 is 19.4 Å². The molecule has 1 aliphatic rings. The van der Waals surface area contributed by atoms with Crippen molar-refractivity contribution in [1.29, 1.82) is 0 Å². The van der Waals surface area contributed by atoms with Crippen LogP contribution in [-0.2, 0) is 4.79 Å². The van der Waals surface area contributed by atoms with Crippen LogP contribution >= 0.6 is 0 Å². The molecule has 0 fully saturated rings. The monoisotopic (exact) mass is 236 g/mol. The first-order valence-corrected chi connectivity index (χ1v) is 5.65. The van der Waals surface area contributed by atoms with Crippen molar-refractivity contribution in [1.82, 2.24) is 0 Å². The number of carboxylic acids is 1. The maximum Gasteiger partial charge on any atom is 0.310 e. The van der Waals surface area contributed by atoms with Gasteiger partial charge in [-0.2, -0.15) is 0 Å². The third-order valence-electron chi connectivity index (χ3n) is 3.20. The molecule has 0 aromatic heterocycles. The number of fused-ring (bicyclic) bond motifs is 1. The van der Waals surface area contributed by atoms with Gasteiger partial charge in [0, 0.05) is 5.56 Å². The van der Waals surface area contributed by atoms with Crippen LogP contribution in [0.3, 0.4) is 0 Å². The number of ether oxygens (including phenoxy) is 2. The Balaban J connectivity index is 2.62. The molecule has 0 spiro atoms. The number of benzene rings is 1. The Labute approximate surface area is 100 Å². The summed E-state index contributed by atoms with van der Waals surface area (Å²) in [5.41, 5.74) is 2.72. The van der Waals surface area contributed by atoms with E-state index in [1.807, 2.05) is 19.9 Å². The van der Waals surface area contributed by atoms with E-state index in [0.717, 1.165) is 16.7 Å². The van der Waals surface area contributed by atoms with Gasteiger partial charge in [-0.1, -0.05) is 0 Å². The Morgan fingerprint density at radius 2 is 2.00 bits per heavy atom. The van der Waals surface area contributed by atoms with Crippen LogP contribution in [0, 0.1) is 13.8 Å². The highest BCUT2D eigenvalue weighted by atomic mass is 16.6. The molecule has 1 N–H and O–H groups in total. The van der Waals surface area contributed by atoms with Crippen molar-refractivity contribution >= 4 is 5.97 Å². The summed E-state index contributed by atoms with van der Waals surface area (Å²) in [6.45, 7) is 6.52. The highest BCUT2D eigenvalue weighted by Crippen LogP contribution is 2.41. The average molecular weight is 236 g/mol. The lowest BCUT2D eigenvalue weighted by molar-refractivity contribution is -0.138. The van der Waals surface area contributed by atoms with E-state index in [1.54, 1.807) is 6.92 Å². The molecule has 0 bridgehead atoms. The number of hydrogen-bond donors (Lipinski definition) is 1. The topological polar surface area (TPSA) is 55.8 Å². The highest BCUT2D eigenvalue weighted by molar-refractivity contribution is 5.78. The summed E-state index contributed by atoms with van der Waals surface area (Å²) in [4.78, 5) is 11.2. The first-order chi connectivity index (χ1) is 8.02. The van der Waals surface area contributed by atoms with Crippen LogP contribution in [0.4, 0.5) is 0 Å². The van der Waals surface area contributed by atoms with Crippen LogP contribution in [0.15, 0.2) is 6.07 Å². The lowest BCUT2D eigenvalue weighted by atomic mass is 9.92. The van der Waals surface area contributed by atoms with Gasteiger partial charge in [0.25, 0.3) is 0 Å². The summed E-state index contributed by atoms with van der Waals surface area (Å²) in [5, 5.41) is 9.16. The summed E-state index contributed by atoms with van der Waals surface area (Å²) in [6, 6.07) is 1.90. The number of rotatable bonds is 2. The van der Waals surface area contributed by atoms with Crippen LogP contribution in [0.5, 0.6) is 11.5 Å². The normalized spacial score (nSPS) is 15.5. The van der Waals surface area contributed by atoms with Crippen LogP contribution < -0.4 is 9.47 Å². The predicted octanol–water partition coefficient (Wildman–Crippen LogP) is 2.26. The minimum absolute atomic E-state index is 0.467. The van der Waals surface area contributed by atoms with Gasteiger partial charge >= 0.3 is 5.97 Å². The molecule has 92 valence electrons. The Bertz CT molecular complexity index is 465. The molecule has 1 unspecified atom stereocenters. The quantitative estimate of drug-likeness (QED) is 0.855. The second-order valence-electron chi connectivity index (χ2n) is 4.32. The van der Waals surface area contributed by atoms with Crippen molar-refractivity contribution in [3.8, 4) is 11.5 Å². The number of carboxylic acid groups (broad SMARTS) is 1. The maximum absolute atomic E-state index is 11.2. The lowest BCUT2D eigenvalue weighted by Gasteiger charge is -2.25. The lowest BCUT2D eigenvalue weighted by Crippen LogP contribution is -2.20. The molecule has 0 saturated carbocycles. The Morgan fingerprint density at radius 3 is 2.65 bits per heavy atom. The largest absolute Gasteiger partial charge is 0.486 e. The summed E-state index contributed by atoms with van der Waals surface area (Å²) >= 11 is 0. The fourth-order valence-electron chi connectivity index (χ4n) is 2.08. The van der Waals surface area contributed by atoms with E-state index in [-0.39, 0.29) is 0 Å². The summed E-state index contributed by atoms with van der Waals surface area (Å²) < 4.78 is 11.1. The smallest absolute Gasteiger partial charge is 0.310 e. The fraction of sp³-hybridized carbons (Fsp3) is 0.462. The molecule has 0 aliphatic carbocycles. The highest BCUT2D eigenvalue weighted by Gasteiger charge is 2.26. The van der Waals surface area contributed by atoms with Gasteiger partial charge in [-0.25, -0.2) is 0 Å². The zero-order valence-electron chi connectivity index (χ0n) is 10.2. The molecular weight excluding hydrogens is 220 g/mol. The van der Waals surface area contributed by atoms with Gasteiger partial charge in [0.15, 0.2) is 11.5 Å². The molecular formula is C13H16O4. The summed E-state index contributed by atoms with van der Waals surface area (Å²) in [5.74, 6) is -0.197. The first kappa shape index (κ1) is 11.8. The minimum Gasteiger partial charge on any atom is -0.486 e. The molecule has 0 saturated heterocycles. The van der Waals surface area contributed by atoms with E-state index in [0.29, 0.717) is 24.7 Å². The van der Waals surface area contributed by atoms with Crippen LogP contribution in [-0.4, -0.2) is 24.3 Å². The number of carbonyl (C=O) groups is 1. The second-order valence-corrected chi connectivity index (χ2v) is 4.32. The number of aliphatic carboxylic acids is 1. The van der Waals surface area contributed by atoms with Gasteiger partial charge in [0.1, 0.15) is 13.2 Å². The van der Waals surface area contributed by atoms with Gasteiger partial charge in [-0.05, 0) is 38.0 Å². The SMILES string of the molecule is Cc1cc2c(c(C(C)C(=O)O)c1C)OCCO2. The van der Waals surface area contributed by atoms with Crippen molar-refractivity contribution in [3.63, 3.8) is 0 Å².